The van der Waals surface area contributed by atoms with Crippen LogP contribution in [0.15, 0.2) is 47.8 Å². The van der Waals surface area contributed by atoms with E-state index >= 15 is 0 Å². The molecule has 0 atom stereocenters. The first-order valence-electron chi connectivity index (χ1n) is 8.62. The highest BCUT2D eigenvalue weighted by Gasteiger charge is 2.29. The molecule has 140 valence electrons. The number of amides is 1. The second-order valence-electron chi connectivity index (χ2n) is 6.29. The summed E-state index contributed by atoms with van der Waals surface area (Å²) in [4.78, 5) is 18.4. The van der Waals surface area contributed by atoms with Crippen LogP contribution in [0.4, 0.5) is 8.78 Å². The summed E-state index contributed by atoms with van der Waals surface area (Å²) in [7, 11) is 0. The molecule has 27 heavy (non-hydrogen) atoms. The Morgan fingerprint density at radius 3 is 2.74 bits per heavy atom. The number of thioether (sulfide) groups is 1. The molecule has 1 saturated heterocycles. The Hall–Kier alpha value is -2.55. The second kappa shape index (κ2) is 7.59. The number of piperidine rings is 1. The molecule has 0 unspecified atom stereocenters. The monoisotopic (exact) mass is 389 g/mol. The van der Waals surface area contributed by atoms with Gasteiger partial charge in [0.15, 0.2) is 5.65 Å². The Balaban J connectivity index is 1.47. The van der Waals surface area contributed by atoms with Gasteiger partial charge in [-0.1, -0.05) is 6.07 Å². The van der Waals surface area contributed by atoms with Gasteiger partial charge in [0.05, 0.1) is 5.56 Å². The summed E-state index contributed by atoms with van der Waals surface area (Å²) in [6.07, 6.45) is 4.85. The van der Waals surface area contributed by atoms with Crippen LogP contribution in [0, 0.1) is 0 Å². The molecule has 0 aliphatic carbocycles. The topological polar surface area (TPSA) is 63.4 Å². The summed E-state index contributed by atoms with van der Waals surface area (Å²) in [5, 5.41) is 8.56. The minimum absolute atomic E-state index is 0.0723. The van der Waals surface area contributed by atoms with Crippen molar-refractivity contribution in [3.63, 3.8) is 0 Å². The molecule has 0 aromatic carbocycles. The highest BCUT2D eigenvalue weighted by molar-refractivity contribution is 7.99. The molecule has 1 aliphatic rings. The largest absolute Gasteiger partial charge is 0.339 e. The number of nitrogens with zero attached hydrogens (tertiary/aromatic N) is 5. The third-order valence-corrected chi connectivity index (χ3v) is 5.42. The van der Waals surface area contributed by atoms with Crippen LogP contribution >= 0.6 is 11.8 Å². The molecule has 0 bridgehead atoms. The number of alkyl halides is 2. The van der Waals surface area contributed by atoms with Gasteiger partial charge in [0.2, 0.25) is 0 Å². The summed E-state index contributed by atoms with van der Waals surface area (Å²) in [6.45, 7) is 1.08. The van der Waals surface area contributed by atoms with E-state index in [-0.39, 0.29) is 22.4 Å². The molecular weight excluding hydrogens is 372 g/mol. The van der Waals surface area contributed by atoms with Crippen LogP contribution in [0.2, 0.25) is 0 Å². The van der Waals surface area contributed by atoms with Crippen molar-refractivity contribution >= 4 is 23.3 Å². The fourth-order valence-corrected chi connectivity index (χ4v) is 3.95. The number of hydrogen-bond acceptors (Lipinski definition) is 5. The summed E-state index contributed by atoms with van der Waals surface area (Å²) in [5.74, 6) is -1.77. The smallest absolute Gasteiger partial charge is 0.290 e. The minimum Gasteiger partial charge on any atom is -0.339 e. The number of carbonyl (C=O) groups is 1. The standard InChI is InChI=1S/C18H17F2N5OS/c19-18(20)27-16-13(4-3-8-21-16)17(26)24-10-6-12(7-11-24)15-23-22-14-5-1-2-9-25(14)15/h1-5,8-9,12,18H,6-7,10-11H2. The number of aromatic nitrogens is 4. The van der Waals surface area contributed by atoms with E-state index in [2.05, 4.69) is 15.2 Å². The number of likely N-dealkylation sites (tertiary alicyclic amines) is 1. The molecule has 3 aromatic heterocycles. The third-order valence-electron chi connectivity index (χ3n) is 4.69. The number of fused-ring (bicyclic) bond motifs is 1. The van der Waals surface area contributed by atoms with Crippen molar-refractivity contribution in [2.45, 2.75) is 29.5 Å². The van der Waals surface area contributed by atoms with Crippen LogP contribution in [0.1, 0.15) is 34.9 Å². The van der Waals surface area contributed by atoms with Gasteiger partial charge in [0.1, 0.15) is 10.9 Å². The molecule has 4 rings (SSSR count). The molecule has 4 heterocycles. The van der Waals surface area contributed by atoms with E-state index in [1.807, 2.05) is 28.8 Å². The van der Waals surface area contributed by atoms with Gasteiger partial charge in [-0.2, -0.15) is 8.78 Å². The van der Waals surface area contributed by atoms with Crippen molar-refractivity contribution in [1.82, 2.24) is 24.5 Å². The van der Waals surface area contributed by atoms with E-state index in [9.17, 15) is 13.6 Å². The lowest BCUT2D eigenvalue weighted by molar-refractivity contribution is 0.0706. The quantitative estimate of drug-likeness (QED) is 0.640. The summed E-state index contributed by atoms with van der Waals surface area (Å²) >= 11 is 0.304. The molecule has 9 heteroatoms. The van der Waals surface area contributed by atoms with Crippen molar-refractivity contribution in [3.05, 3.63) is 54.1 Å². The lowest BCUT2D eigenvalue weighted by atomic mass is 9.95. The molecule has 0 saturated carbocycles. The number of hydrogen-bond donors (Lipinski definition) is 0. The Labute approximate surface area is 158 Å². The summed E-state index contributed by atoms with van der Waals surface area (Å²) < 4.78 is 27.4. The van der Waals surface area contributed by atoms with Gasteiger partial charge in [-0.25, -0.2) is 4.98 Å². The van der Waals surface area contributed by atoms with E-state index < -0.39 is 5.76 Å². The average Bonchev–Trinajstić information content (AvgIpc) is 3.12. The van der Waals surface area contributed by atoms with Crippen molar-refractivity contribution in [3.8, 4) is 0 Å². The van der Waals surface area contributed by atoms with Gasteiger partial charge < -0.3 is 4.90 Å². The Bertz CT molecular complexity index is 956. The number of pyridine rings is 2. The molecule has 6 nitrogen and oxygen atoms in total. The van der Waals surface area contributed by atoms with Crippen LogP contribution in [0.3, 0.4) is 0 Å². The van der Waals surface area contributed by atoms with E-state index in [1.54, 1.807) is 17.0 Å². The normalized spacial score (nSPS) is 15.6. The van der Waals surface area contributed by atoms with E-state index in [0.29, 0.717) is 24.9 Å². The zero-order valence-corrected chi connectivity index (χ0v) is 15.1. The lowest BCUT2D eigenvalue weighted by Gasteiger charge is -2.31. The maximum atomic E-state index is 12.8. The van der Waals surface area contributed by atoms with Crippen molar-refractivity contribution < 1.29 is 13.6 Å². The van der Waals surface area contributed by atoms with Gasteiger partial charge in [0, 0.05) is 31.4 Å². The van der Waals surface area contributed by atoms with E-state index in [1.165, 1.54) is 6.20 Å². The molecule has 1 amide bonds. The van der Waals surface area contributed by atoms with Gasteiger partial charge in [0.25, 0.3) is 11.7 Å². The summed E-state index contributed by atoms with van der Waals surface area (Å²) in [6, 6.07) is 8.90. The molecular formula is C18H17F2N5OS. The predicted molar refractivity (Wildman–Crippen MR) is 97.0 cm³/mol. The van der Waals surface area contributed by atoms with Gasteiger partial charge in [-0.3, -0.25) is 9.20 Å². The van der Waals surface area contributed by atoms with Crippen LogP contribution in [0.5, 0.6) is 0 Å². The molecule has 0 radical (unpaired) electrons. The Kier molecular flexibility index (Phi) is 5.02. The highest BCUT2D eigenvalue weighted by Crippen LogP contribution is 2.30. The summed E-state index contributed by atoms with van der Waals surface area (Å²) in [5.41, 5.74) is 1.03. The van der Waals surface area contributed by atoms with Crippen LogP contribution in [-0.4, -0.2) is 49.2 Å². The second-order valence-corrected chi connectivity index (χ2v) is 7.27. The first-order chi connectivity index (χ1) is 13.1. The zero-order valence-electron chi connectivity index (χ0n) is 14.3. The van der Waals surface area contributed by atoms with Gasteiger partial charge >= 0.3 is 0 Å². The van der Waals surface area contributed by atoms with Gasteiger partial charge in [-0.05, 0) is 48.9 Å². The first-order valence-corrected chi connectivity index (χ1v) is 9.50. The van der Waals surface area contributed by atoms with Crippen molar-refractivity contribution in [1.29, 1.82) is 0 Å². The van der Waals surface area contributed by atoms with E-state index in [4.69, 9.17) is 0 Å². The highest BCUT2D eigenvalue weighted by atomic mass is 32.2. The lowest BCUT2D eigenvalue weighted by Crippen LogP contribution is -2.38. The average molecular weight is 389 g/mol. The Morgan fingerprint density at radius 1 is 1.15 bits per heavy atom. The fraction of sp³-hybridized carbons (Fsp3) is 0.333. The molecule has 1 fully saturated rings. The molecule has 0 N–H and O–H groups in total. The van der Waals surface area contributed by atoms with Gasteiger partial charge in [-0.15, -0.1) is 10.2 Å². The Morgan fingerprint density at radius 2 is 1.96 bits per heavy atom. The third kappa shape index (κ3) is 3.64. The number of carbonyl (C=O) groups excluding carboxylic acids is 1. The predicted octanol–water partition coefficient (Wildman–Crippen LogP) is 3.46. The molecule has 3 aromatic rings. The number of rotatable bonds is 4. The first kappa shape index (κ1) is 17.8. The van der Waals surface area contributed by atoms with Crippen molar-refractivity contribution in [2.75, 3.05) is 13.1 Å². The maximum absolute atomic E-state index is 12.8. The SMILES string of the molecule is O=C(c1cccnc1SC(F)F)N1CCC(c2nnc3ccccn23)CC1. The number of halogens is 2. The zero-order chi connectivity index (χ0) is 18.8. The van der Waals surface area contributed by atoms with Crippen LogP contribution in [0.25, 0.3) is 5.65 Å². The van der Waals surface area contributed by atoms with Crippen LogP contribution in [-0.2, 0) is 0 Å². The van der Waals surface area contributed by atoms with E-state index in [0.717, 1.165) is 24.3 Å². The van der Waals surface area contributed by atoms with Crippen LogP contribution < -0.4 is 0 Å². The maximum Gasteiger partial charge on any atom is 0.290 e. The fourth-order valence-electron chi connectivity index (χ4n) is 3.38. The minimum atomic E-state index is -2.61. The van der Waals surface area contributed by atoms with Crippen molar-refractivity contribution in [2.24, 2.45) is 0 Å². The molecule has 1 aliphatic heterocycles. The molecule has 0 spiro atoms.